The van der Waals surface area contributed by atoms with Crippen LogP contribution in [0.15, 0.2) is 79.4 Å². The first-order valence-corrected chi connectivity index (χ1v) is 7.08. The molecule has 0 aliphatic rings. The number of aromatic nitrogens is 2. The molecule has 2 aromatic carbocycles. The molecule has 0 fully saturated rings. The van der Waals surface area contributed by atoms with Gasteiger partial charge in [0.1, 0.15) is 12.4 Å². The summed E-state index contributed by atoms with van der Waals surface area (Å²) in [6.07, 6.45) is 5.19. The van der Waals surface area contributed by atoms with Crippen LogP contribution < -0.4 is 4.57 Å². The molecule has 3 rings (SSSR count). The standard InChI is InChI=1S/C18H17N2O2/c1-19-12-13-20(14-19)17(15-8-4-2-5-9-15)22-18(21)16-10-6-3-7-11-16/h2-14,17H,1H3/q+1. The highest BCUT2D eigenvalue weighted by atomic mass is 16.6. The van der Waals surface area contributed by atoms with Crippen molar-refractivity contribution in [1.82, 2.24) is 4.57 Å². The molecular weight excluding hydrogens is 276 g/mol. The number of rotatable bonds is 4. The number of hydrogen-bond donors (Lipinski definition) is 0. The third-order valence-corrected chi connectivity index (χ3v) is 3.37. The summed E-state index contributed by atoms with van der Waals surface area (Å²) in [6, 6.07) is 18.7. The molecule has 1 aromatic heterocycles. The number of aryl methyl sites for hydroxylation is 1. The number of benzene rings is 2. The Hall–Kier alpha value is -2.88. The van der Waals surface area contributed by atoms with Crippen molar-refractivity contribution in [3.63, 3.8) is 0 Å². The van der Waals surface area contributed by atoms with E-state index in [4.69, 9.17) is 4.74 Å². The zero-order valence-corrected chi connectivity index (χ0v) is 12.3. The normalized spacial score (nSPS) is 11.9. The van der Waals surface area contributed by atoms with Crippen LogP contribution in [0.1, 0.15) is 22.1 Å². The van der Waals surface area contributed by atoms with Gasteiger partial charge in [-0.3, -0.25) is 0 Å². The van der Waals surface area contributed by atoms with Gasteiger partial charge in [-0.1, -0.05) is 48.5 Å². The van der Waals surface area contributed by atoms with Crippen molar-refractivity contribution in [2.24, 2.45) is 7.05 Å². The van der Waals surface area contributed by atoms with E-state index in [0.717, 1.165) is 5.56 Å². The molecule has 0 radical (unpaired) electrons. The highest BCUT2D eigenvalue weighted by molar-refractivity contribution is 5.89. The number of carbonyl (C=O) groups is 1. The van der Waals surface area contributed by atoms with Gasteiger partial charge < -0.3 is 4.74 Å². The average molecular weight is 293 g/mol. The maximum absolute atomic E-state index is 12.4. The molecule has 0 aliphatic carbocycles. The van der Waals surface area contributed by atoms with Crippen LogP contribution >= 0.6 is 0 Å². The topological polar surface area (TPSA) is 35.1 Å². The first kappa shape index (κ1) is 14.1. The minimum absolute atomic E-state index is 0.342. The van der Waals surface area contributed by atoms with Crippen molar-refractivity contribution < 1.29 is 14.1 Å². The Morgan fingerprint density at radius 1 is 1.05 bits per heavy atom. The van der Waals surface area contributed by atoms with Gasteiger partial charge in [0.15, 0.2) is 0 Å². The summed E-state index contributed by atoms with van der Waals surface area (Å²) in [5.74, 6) is -0.342. The summed E-state index contributed by atoms with van der Waals surface area (Å²) in [7, 11) is 1.93. The van der Waals surface area contributed by atoms with Gasteiger partial charge in [0.25, 0.3) is 6.23 Å². The molecule has 0 N–H and O–H groups in total. The zero-order chi connectivity index (χ0) is 15.4. The summed E-state index contributed by atoms with van der Waals surface area (Å²) >= 11 is 0. The number of imidazole rings is 1. The first-order valence-electron chi connectivity index (χ1n) is 7.08. The molecule has 0 saturated heterocycles. The van der Waals surface area contributed by atoms with Crippen molar-refractivity contribution in [1.29, 1.82) is 0 Å². The predicted octanol–water partition coefficient (Wildman–Crippen LogP) is 2.72. The van der Waals surface area contributed by atoms with Crippen molar-refractivity contribution >= 4 is 5.97 Å². The van der Waals surface area contributed by atoms with E-state index in [1.807, 2.05) is 83.4 Å². The van der Waals surface area contributed by atoms with E-state index in [-0.39, 0.29) is 5.97 Å². The molecule has 0 aliphatic heterocycles. The molecule has 1 atom stereocenters. The van der Waals surface area contributed by atoms with Crippen LogP contribution in [0.5, 0.6) is 0 Å². The largest absolute Gasteiger partial charge is 0.414 e. The van der Waals surface area contributed by atoms with Crippen LogP contribution in [0, 0.1) is 0 Å². The zero-order valence-electron chi connectivity index (χ0n) is 12.3. The Balaban J connectivity index is 1.91. The van der Waals surface area contributed by atoms with Crippen LogP contribution in [0.2, 0.25) is 0 Å². The summed E-state index contributed by atoms with van der Waals surface area (Å²) in [4.78, 5) is 12.4. The highest BCUT2D eigenvalue weighted by Crippen LogP contribution is 2.20. The Morgan fingerprint density at radius 3 is 2.27 bits per heavy atom. The van der Waals surface area contributed by atoms with Gasteiger partial charge in [-0.15, -0.1) is 0 Å². The molecule has 22 heavy (non-hydrogen) atoms. The fraction of sp³-hybridized carbons (Fsp3) is 0.111. The first-order chi connectivity index (χ1) is 10.7. The fourth-order valence-corrected chi connectivity index (χ4v) is 2.27. The Morgan fingerprint density at radius 2 is 1.68 bits per heavy atom. The molecule has 0 bridgehead atoms. The second-order valence-corrected chi connectivity index (χ2v) is 5.06. The number of esters is 1. The van der Waals surface area contributed by atoms with Gasteiger partial charge in [-0.25, -0.2) is 9.36 Å². The number of carbonyl (C=O) groups excluding carboxylic acids is 1. The van der Waals surface area contributed by atoms with Crippen LogP contribution in [-0.2, 0) is 11.8 Å². The number of ether oxygens (including phenoxy) is 1. The van der Waals surface area contributed by atoms with E-state index in [0.29, 0.717) is 5.56 Å². The molecule has 0 spiro atoms. The van der Waals surface area contributed by atoms with E-state index in [1.165, 1.54) is 0 Å². The molecule has 1 heterocycles. The predicted molar refractivity (Wildman–Crippen MR) is 82.0 cm³/mol. The van der Waals surface area contributed by atoms with E-state index >= 15 is 0 Å². The lowest BCUT2D eigenvalue weighted by Crippen LogP contribution is -2.25. The van der Waals surface area contributed by atoms with Crippen LogP contribution in [0.4, 0.5) is 0 Å². The van der Waals surface area contributed by atoms with Gasteiger partial charge in [0, 0.05) is 5.56 Å². The highest BCUT2D eigenvalue weighted by Gasteiger charge is 2.23. The SMILES string of the molecule is C[n+]1ccn(C(OC(=O)c2ccccc2)c2ccccc2)c1. The third kappa shape index (κ3) is 3.06. The van der Waals surface area contributed by atoms with Crippen LogP contribution in [-0.4, -0.2) is 10.5 Å². The van der Waals surface area contributed by atoms with Gasteiger partial charge in [0.05, 0.1) is 12.6 Å². The molecule has 1 unspecified atom stereocenters. The average Bonchev–Trinajstić information content (AvgIpc) is 3.00. The lowest BCUT2D eigenvalue weighted by Gasteiger charge is -2.15. The molecule has 3 aromatic rings. The molecule has 110 valence electrons. The van der Waals surface area contributed by atoms with Crippen molar-refractivity contribution in [3.8, 4) is 0 Å². The minimum Gasteiger partial charge on any atom is -0.414 e. The second-order valence-electron chi connectivity index (χ2n) is 5.06. The van der Waals surface area contributed by atoms with Crippen molar-refractivity contribution in [2.75, 3.05) is 0 Å². The lowest BCUT2D eigenvalue weighted by molar-refractivity contribution is -0.671. The molecule has 4 heteroatoms. The molecule has 0 amide bonds. The van der Waals surface area contributed by atoms with Gasteiger partial charge in [0.2, 0.25) is 6.33 Å². The smallest absolute Gasteiger partial charge is 0.341 e. The molecule has 4 nitrogen and oxygen atoms in total. The van der Waals surface area contributed by atoms with Crippen LogP contribution in [0.25, 0.3) is 0 Å². The quantitative estimate of drug-likeness (QED) is 0.547. The van der Waals surface area contributed by atoms with Gasteiger partial charge >= 0.3 is 5.97 Å². The third-order valence-electron chi connectivity index (χ3n) is 3.37. The monoisotopic (exact) mass is 293 g/mol. The Labute approximate surface area is 129 Å². The maximum Gasteiger partial charge on any atom is 0.341 e. The maximum atomic E-state index is 12.4. The summed E-state index contributed by atoms with van der Waals surface area (Å²) < 4.78 is 9.51. The van der Waals surface area contributed by atoms with Crippen molar-refractivity contribution in [2.45, 2.75) is 6.23 Å². The van der Waals surface area contributed by atoms with Gasteiger partial charge in [-0.2, -0.15) is 4.57 Å². The van der Waals surface area contributed by atoms with E-state index in [1.54, 1.807) is 12.1 Å². The second kappa shape index (κ2) is 6.26. The van der Waals surface area contributed by atoms with E-state index in [9.17, 15) is 4.79 Å². The van der Waals surface area contributed by atoms with E-state index < -0.39 is 6.23 Å². The Bertz CT molecular complexity index is 751. The molecule has 0 saturated carbocycles. The minimum atomic E-state index is -0.491. The Kier molecular flexibility index (Phi) is 4.01. The number of nitrogens with zero attached hydrogens (tertiary/aromatic N) is 2. The number of hydrogen-bond acceptors (Lipinski definition) is 2. The lowest BCUT2D eigenvalue weighted by atomic mass is 10.2. The van der Waals surface area contributed by atoms with Crippen molar-refractivity contribution in [3.05, 3.63) is 90.5 Å². The van der Waals surface area contributed by atoms with Crippen LogP contribution in [0.3, 0.4) is 0 Å². The summed E-state index contributed by atoms with van der Waals surface area (Å²) in [6.45, 7) is 0. The summed E-state index contributed by atoms with van der Waals surface area (Å²) in [5, 5.41) is 0. The molecular formula is C18H17N2O2+. The fourth-order valence-electron chi connectivity index (χ4n) is 2.27. The van der Waals surface area contributed by atoms with E-state index in [2.05, 4.69) is 0 Å². The summed E-state index contributed by atoms with van der Waals surface area (Å²) in [5.41, 5.74) is 1.46. The van der Waals surface area contributed by atoms with Gasteiger partial charge in [-0.05, 0) is 12.1 Å².